The second kappa shape index (κ2) is 7.31. The highest BCUT2D eigenvalue weighted by Gasteiger charge is 2.11. The second-order valence-electron chi connectivity index (χ2n) is 7.21. The van der Waals surface area contributed by atoms with Crippen LogP contribution >= 0.6 is 0 Å². The zero-order valence-electron chi connectivity index (χ0n) is 15.9. The molecule has 0 aliphatic carbocycles. The van der Waals surface area contributed by atoms with Crippen LogP contribution in [0.25, 0.3) is 21.9 Å². The first-order valence-corrected chi connectivity index (χ1v) is 9.38. The normalized spacial score (nSPS) is 11.4. The number of aryl methyl sites for hydroxylation is 1. The summed E-state index contributed by atoms with van der Waals surface area (Å²) in [6, 6.07) is 15.5. The molecule has 2 N–H and O–H groups in total. The van der Waals surface area contributed by atoms with Gasteiger partial charge in [0.2, 0.25) is 5.91 Å². The number of benzene rings is 2. The number of fused-ring (bicyclic) bond motifs is 3. The van der Waals surface area contributed by atoms with Crippen molar-refractivity contribution in [3.05, 3.63) is 70.8 Å². The van der Waals surface area contributed by atoms with Gasteiger partial charge in [-0.05, 0) is 29.7 Å². The molecule has 0 spiro atoms. The second-order valence-corrected chi connectivity index (χ2v) is 7.21. The number of aromatic nitrogens is 3. The number of carbonyl (C=O) groups excluding carboxylic acids is 1. The van der Waals surface area contributed by atoms with Gasteiger partial charge in [0.15, 0.2) is 0 Å². The molecule has 1 amide bonds. The van der Waals surface area contributed by atoms with Crippen molar-refractivity contribution in [2.45, 2.75) is 32.7 Å². The molecule has 2 aromatic heterocycles. The molecule has 2 aromatic carbocycles. The molecular weight excluding hydrogens is 352 g/mol. The quantitative estimate of drug-likeness (QED) is 0.553. The summed E-state index contributed by atoms with van der Waals surface area (Å²) >= 11 is 0. The highest BCUT2D eigenvalue weighted by molar-refractivity contribution is 6.04. The van der Waals surface area contributed by atoms with Crippen LogP contribution in [-0.2, 0) is 11.3 Å². The van der Waals surface area contributed by atoms with Gasteiger partial charge in [-0.1, -0.05) is 44.2 Å². The minimum atomic E-state index is -0.171. The van der Waals surface area contributed by atoms with E-state index in [-0.39, 0.29) is 24.4 Å². The number of nitrogens with zero attached hydrogens (tertiary/aromatic N) is 2. The summed E-state index contributed by atoms with van der Waals surface area (Å²) in [6.45, 7) is 4.53. The van der Waals surface area contributed by atoms with Gasteiger partial charge in [0.25, 0.3) is 5.56 Å². The number of rotatable bonds is 5. The zero-order valence-corrected chi connectivity index (χ0v) is 15.9. The topological polar surface area (TPSA) is 79.8 Å². The fraction of sp³-hybridized carbons (Fsp3) is 0.227. The van der Waals surface area contributed by atoms with E-state index < -0.39 is 0 Å². The van der Waals surface area contributed by atoms with Crippen molar-refractivity contribution >= 4 is 33.5 Å². The number of anilines is 1. The first kappa shape index (κ1) is 18.0. The van der Waals surface area contributed by atoms with Crippen molar-refractivity contribution in [2.75, 3.05) is 5.32 Å². The van der Waals surface area contributed by atoms with Crippen molar-refractivity contribution in [2.24, 2.45) is 0 Å². The van der Waals surface area contributed by atoms with Crippen LogP contribution in [0.1, 0.15) is 31.7 Å². The lowest BCUT2D eigenvalue weighted by Gasteiger charge is -2.09. The van der Waals surface area contributed by atoms with Crippen LogP contribution in [0.4, 0.5) is 5.69 Å². The predicted octanol–water partition coefficient (Wildman–Crippen LogP) is 4.03. The Bertz CT molecular complexity index is 1200. The van der Waals surface area contributed by atoms with Gasteiger partial charge in [0, 0.05) is 29.6 Å². The Morgan fingerprint density at radius 3 is 2.64 bits per heavy atom. The molecule has 6 nitrogen and oxygen atoms in total. The highest BCUT2D eigenvalue weighted by atomic mass is 16.2. The van der Waals surface area contributed by atoms with Crippen LogP contribution < -0.4 is 10.9 Å². The molecule has 142 valence electrons. The summed E-state index contributed by atoms with van der Waals surface area (Å²) in [6.07, 6.45) is 1.70. The summed E-state index contributed by atoms with van der Waals surface area (Å²) in [4.78, 5) is 32.5. The molecule has 0 unspecified atom stereocenters. The maximum Gasteiger partial charge on any atom is 0.277 e. The number of H-pyrrole nitrogens is 1. The molecule has 0 saturated heterocycles. The van der Waals surface area contributed by atoms with Crippen molar-refractivity contribution in [1.82, 2.24) is 14.5 Å². The highest BCUT2D eigenvalue weighted by Crippen LogP contribution is 2.20. The number of hydrogen-bond acceptors (Lipinski definition) is 3. The Kier molecular flexibility index (Phi) is 4.69. The molecule has 6 heteroatoms. The smallest absolute Gasteiger partial charge is 0.277 e. The average molecular weight is 374 g/mol. The number of para-hydroxylation sites is 1. The molecule has 0 bridgehead atoms. The number of aromatic amines is 1. The van der Waals surface area contributed by atoms with E-state index in [0.29, 0.717) is 17.0 Å². The monoisotopic (exact) mass is 374 g/mol. The molecule has 4 rings (SSSR count). The summed E-state index contributed by atoms with van der Waals surface area (Å²) in [5, 5.41) is 3.79. The standard InChI is InChI=1S/C22H22N4O2/c1-14(2)15-7-9-16(10-8-15)24-19(27)11-12-26-13-23-20-17-5-3-4-6-18(17)25-21(20)22(26)28/h3-10,13-14,25H,11-12H2,1-2H3,(H,24,27). The van der Waals surface area contributed by atoms with Crippen LogP contribution in [0.3, 0.4) is 0 Å². The fourth-order valence-corrected chi connectivity index (χ4v) is 3.30. The fourth-order valence-electron chi connectivity index (χ4n) is 3.30. The largest absolute Gasteiger partial charge is 0.349 e. The third kappa shape index (κ3) is 3.41. The molecule has 4 aromatic rings. The summed E-state index contributed by atoms with van der Waals surface area (Å²) < 4.78 is 1.47. The van der Waals surface area contributed by atoms with E-state index in [9.17, 15) is 9.59 Å². The maximum absolute atomic E-state index is 12.7. The van der Waals surface area contributed by atoms with Gasteiger partial charge < -0.3 is 10.3 Å². The molecule has 0 aliphatic heterocycles. The predicted molar refractivity (Wildman–Crippen MR) is 112 cm³/mol. The molecule has 0 radical (unpaired) electrons. The van der Waals surface area contributed by atoms with E-state index in [4.69, 9.17) is 0 Å². The minimum absolute atomic E-state index is 0.138. The Labute approximate surface area is 162 Å². The van der Waals surface area contributed by atoms with E-state index in [1.54, 1.807) is 0 Å². The van der Waals surface area contributed by atoms with Crippen LogP contribution in [-0.4, -0.2) is 20.4 Å². The zero-order chi connectivity index (χ0) is 19.7. The number of nitrogens with one attached hydrogen (secondary N) is 2. The summed E-state index contributed by atoms with van der Waals surface area (Å²) in [7, 11) is 0. The first-order valence-electron chi connectivity index (χ1n) is 9.38. The van der Waals surface area contributed by atoms with Crippen LogP contribution in [0, 0.1) is 0 Å². The van der Waals surface area contributed by atoms with Crippen LogP contribution in [0.5, 0.6) is 0 Å². The molecular formula is C22H22N4O2. The lowest BCUT2D eigenvalue weighted by molar-refractivity contribution is -0.116. The van der Waals surface area contributed by atoms with Crippen molar-refractivity contribution in [1.29, 1.82) is 0 Å². The lowest BCUT2D eigenvalue weighted by atomic mass is 10.0. The third-order valence-corrected chi connectivity index (χ3v) is 4.92. The van der Waals surface area contributed by atoms with E-state index in [0.717, 1.165) is 16.6 Å². The average Bonchev–Trinajstić information content (AvgIpc) is 3.07. The summed E-state index contributed by atoms with van der Waals surface area (Å²) in [5.41, 5.74) is 3.81. The molecule has 0 atom stereocenters. The van der Waals surface area contributed by atoms with Crippen molar-refractivity contribution < 1.29 is 4.79 Å². The van der Waals surface area contributed by atoms with Crippen molar-refractivity contribution in [3.63, 3.8) is 0 Å². The van der Waals surface area contributed by atoms with Crippen LogP contribution in [0.15, 0.2) is 59.7 Å². The Hall–Kier alpha value is -3.41. The Morgan fingerprint density at radius 1 is 1.14 bits per heavy atom. The van der Waals surface area contributed by atoms with Gasteiger partial charge in [0.05, 0.1) is 6.33 Å². The minimum Gasteiger partial charge on any atom is -0.349 e. The molecule has 28 heavy (non-hydrogen) atoms. The SMILES string of the molecule is CC(C)c1ccc(NC(=O)CCn2cnc3c([nH]c4ccccc43)c2=O)cc1. The van der Waals surface area contributed by atoms with E-state index >= 15 is 0 Å². The van der Waals surface area contributed by atoms with Gasteiger partial charge in [-0.15, -0.1) is 0 Å². The molecule has 0 fully saturated rings. The Balaban J connectivity index is 1.47. The van der Waals surface area contributed by atoms with E-state index in [2.05, 4.69) is 29.1 Å². The van der Waals surface area contributed by atoms with E-state index in [1.165, 1.54) is 16.5 Å². The Morgan fingerprint density at radius 2 is 1.89 bits per heavy atom. The molecule has 0 saturated carbocycles. The van der Waals surface area contributed by atoms with Crippen molar-refractivity contribution in [3.8, 4) is 0 Å². The van der Waals surface area contributed by atoms with Gasteiger partial charge in [0.1, 0.15) is 11.0 Å². The number of hydrogen-bond donors (Lipinski definition) is 2. The maximum atomic E-state index is 12.7. The third-order valence-electron chi connectivity index (χ3n) is 4.92. The lowest BCUT2D eigenvalue weighted by Crippen LogP contribution is -2.23. The number of amides is 1. The van der Waals surface area contributed by atoms with Gasteiger partial charge in [-0.3, -0.25) is 14.2 Å². The van der Waals surface area contributed by atoms with Gasteiger partial charge in [-0.2, -0.15) is 0 Å². The molecule has 0 aliphatic rings. The summed E-state index contributed by atoms with van der Waals surface area (Å²) in [5.74, 6) is 0.310. The first-order chi connectivity index (χ1) is 13.5. The number of carbonyl (C=O) groups is 1. The molecule has 2 heterocycles. The van der Waals surface area contributed by atoms with Crippen LogP contribution in [0.2, 0.25) is 0 Å². The van der Waals surface area contributed by atoms with E-state index in [1.807, 2.05) is 48.5 Å². The van der Waals surface area contributed by atoms with Gasteiger partial charge >= 0.3 is 0 Å². The van der Waals surface area contributed by atoms with Gasteiger partial charge in [-0.25, -0.2) is 4.98 Å².